The predicted octanol–water partition coefficient (Wildman–Crippen LogP) is 3.45. The van der Waals surface area contributed by atoms with Crippen molar-refractivity contribution in [1.82, 2.24) is 0 Å². The molecule has 0 saturated heterocycles. The van der Waals surface area contributed by atoms with Gasteiger partial charge in [0.1, 0.15) is 0 Å². The van der Waals surface area contributed by atoms with E-state index < -0.39 is 0 Å². The van der Waals surface area contributed by atoms with Gasteiger partial charge in [-0.1, -0.05) is 17.7 Å². The number of carbonyl (C=O) groups excluding carboxylic acids is 1. The third-order valence-corrected chi connectivity index (χ3v) is 4.45. The zero-order chi connectivity index (χ0) is 13.2. The Balaban J connectivity index is 2.08. The predicted molar refractivity (Wildman–Crippen MR) is 79.3 cm³/mol. The highest BCUT2D eigenvalue weighted by Crippen LogP contribution is 2.50. The summed E-state index contributed by atoms with van der Waals surface area (Å²) < 4.78 is 0. The van der Waals surface area contributed by atoms with Crippen LogP contribution in [0.3, 0.4) is 0 Å². The third-order valence-electron chi connectivity index (χ3n) is 3.78. The number of thiol groups is 1. The van der Waals surface area contributed by atoms with Crippen molar-refractivity contribution in [2.24, 2.45) is 5.41 Å². The smallest absolute Gasteiger partial charge is 0.227 e. The normalized spacial score (nSPS) is 16.4. The first-order valence-electron chi connectivity index (χ1n) is 6.58. The molecule has 0 aliphatic heterocycles. The molecule has 0 N–H and O–H groups in total. The number of amides is 1. The maximum Gasteiger partial charge on any atom is 0.227 e. The van der Waals surface area contributed by atoms with Gasteiger partial charge in [-0.3, -0.25) is 4.79 Å². The minimum absolute atomic E-state index is 0.193. The van der Waals surface area contributed by atoms with E-state index in [9.17, 15) is 4.79 Å². The third kappa shape index (κ3) is 2.89. The lowest BCUT2D eigenvalue weighted by Gasteiger charge is -2.23. The minimum atomic E-state index is 0.193. The van der Waals surface area contributed by atoms with Crippen molar-refractivity contribution in [3.8, 4) is 0 Å². The van der Waals surface area contributed by atoms with E-state index in [4.69, 9.17) is 0 Å². The average Bonchev–Trinajstić information content (AvgIpc) is 3.13. The molecule has 1 amide bonds. The minimum Gasteiger partial charge on any atom is -0.313 e. The monoisotopic (exact) mass is 263 g/mol. The Morgan fingerprint density at radius 2 is 1.94 bits per heavy atom. The summed E-state index contributed by atoms with van der Waals surface area (Å²) in [6.07, 6.45) is 2.93. The van der Waals surface area contributed by atoms with Gasteiger partial charge in [0.25, 0.3) is 0 Å². The summed E-state index contributed by atoms with van der Waals surface area (Å²) in [4.78, 5) is 14.2. The standard InChI is InChI=1S/C15H21NOS/c1-3-16(13-6-4-12(2)5-7-13)14(17)10-15(11-18)8-9-15/h4-7,18H,3,8-11H2,1-2H3. The fraction of sp³-hybridized carbons (Fsp3) is 0.533. The molecule has 0 atom stereocenters. The Bertz CT molecular complexity index is 423. The molecule has 0 bridgehead atoms. The van der Waals surface area contributed by atoms with Gasteiger partial charge >= 0.3 is 0 Å². The molecule has 0 aromatic heterocycles. The van der Waals surface area contributed by atoms with Crippen molar-refractivity contribution in [2.45, 2.75) is 33.1 Å². The van der Waals surface area contributed by atoms with E-state index >= 15 is 0 Å². The lowest BCUT2D eigenvalue weighted by Crippen LogP contribution is -2.32. The molecule has 1 aromatic carbocycles. The average molecular weight is 263 g/mol. The van der Waals surface area contributed by atoms with Crippen molar-refractivity contribution in [1.29, 1.82) is 0 Å². The van der Waals surface area contributed by atoms with Crippen molar-refractivity contribution < 1.29 is 4.79 Å². The first-order chi connectivity index (χ1) is 8.60. The van der Waals surface area contributed by atoms with Crippen LogP contribution in [0.25, 0.3) is 0 Å². The van der Waals surface area contributed by atoms with E-state index in [0.717, 1.165) is 30.8 Å². The van der Waals surface area contributed by atoms with Gasteiger partial charge in [0.15, 0.2) is 0 Å². The summed E-state index contributed by atoms with van der Waals surface area (Å²) in [6, 6.07) is 8.15. The van der Waals surface area contributed by atoms with E-state index in [1.54, 1.807) is 0 Å². The highest BCUT2D eigenvalue weighted by molar-refractivity contribution is 7.80. The van der Waals surface area contributed by atoms with Gasteiger partial charge in [0.2, 0.25) is 5.91 Å². The second-order valence-corrected chi connectivity index (χ2v) is 5.62. The number of aryl methyl sites for hydroxylation is 1. The largest absolute Gasteiger partial charge is 0.313 e. The van der Waals surface area contributed by atoms with E-state index in [1.165, 1.54) is 5.56 Å². The molecule has 1 aliphatic rings. The number of hydrogen-bond donors (Lipinski definition) is 1. The number of carbonyl (C=O) groups is 1. The van der Waals surface area contributed by atoms with Crippen LogP contribution >= 0.6 is 12.6 Å². The molecule has 1 fully saturated rings. The first kappa shape index (κ1) is 13.5. The van der Waals surface area contributed by atoms with Crippen LogP contribution in [0, 0.1) is 12.3 Å². The van der Waals surface area contributed by atoms with Crippen LogP contribution < -0.4 is 4.90 Å². The van der Waals surface area contributed by atoms with Gasteiger partial charge < -0.3 is 4.90 Å². The van der Waals surface area contributed by atoms with Crippen molar-refractivity contribution in [2.75, 3.05) is 17.2 Å². The highest BCUT2D eigenvalue weighted by atomic mass is 32.1. The molecule has 0 radical (unpaired) electrons. The van der Waals surface area contributed by atoms with Crippen molar-refractivity contribution in [3.63, 3.8) is 0 Å². The summed E-state index contributed by atoms with van der Waals surface area (Å²) in [5, 5.41) is 0. The Hall–Kier alpha value is -0.960. The zero-order valence-electron chi connectivity index (χ0n) is 11.1. The Labute approximate surface area is 115 Å². The molecule has 0 spiro atoms. The maximum absolute atomic E-state index is 12.4. The van der Waals surface area contributed by atoms with Crippen molar-refractivity contribution in [3.05, 3.63) is 29.8 Å². The molecule has 2 rings (SSSR count). The fourth-order valence-corrected chi connectivity index (χ4v) is 2.64. The van der Waals surface area contributed by atoms with E-state index in [-0.39, 0.29) is 11.3 Å². The van der Waals surface area contributed by atoms with Crippen LogP contribution in [-0.2, 0) is 4.79 Å². The highest BCUT2D eigenvalue weighted by Gasteiger charge is 2.43. The van der Waals surface area contributed by atoms with Crippen LogP contribution in [0.1, 0.15) is 31.7 Å². The number of anilines is 1. The topological polar surface area (TPSA) is 20.3 Å². The van der Waals surface area contributed by atoms with Crippen LogP contribution in [0.4, 0.5) is 5.69 Å². The van der Waals surface area contributed by atoms with Gasteiger partial charge in [-0.2, -0.15) is 12.6 Å². The summed E-state index contributed by atoms with van der Waals surface area (Å²) in [6.45, 7) is 4.81. The molecule has 98 valence electrons. The number of hydrogen-bond acceptors (Lipinski definition) is 2. The SMILES string of the molecule is CCN(C(=O)CC1(CS)CC1)c1ccc(C)cc1. The zero-order valence-corrected chi connectivity index (χ0v) is 12.0. The molecule has 1 saturated carbocycles. The van der Waals surface area contributed by atoms with Gasteiger partial charge in [-0.05, 0) is 50.0 Å². The lowest BCUT2D eigenvalue weighted by atomic mass is 10.0. The molecular weight excluding hydrogens is 242 g/mol. The fourth-order valence-electron chi connectivity index (χ4n) is 2.21. The maximum atomic E-state index is 12.4. The molecule has 0 unspecified atom stereocenters. The Kier molecular flexibility index (Phi) is 4.00. The summed E-state index contributed by atoms with van der Waals surface area (Å²) >= 11 is 4.37. The quantitative estimate of drug-likeness (QED) is 0.807. The molecule has 18 heavy (non-hydrogen) atoms. The van der Waals surface area contributed by atoms with Crippen LogP contribution in [-0.4, -0.2) is 18.2 Å². The van der Waals surface area contributed by atoms with E-state index in [0.29, 0.717) is 6.42 Å². The molecule has 1 aliphatic carbocycles. The van der Waals surface area contributed by atoms with Gasteiger partial charge in [0.05, 0.1) is 0 Å². The molecule has 3 heteroatoms. The molecule has 2 nitrogen and oxygen atoms in total. The second kappa shape index (κ2) is 5.35. The summed E-state index contributed by atoms with van der Waals surface area (Å²) in [5.41, 5.74) is 2.41. The van der Waals surface area contributed by atoms with Gasteiger partial charge in [0, 0.05) is 18.7 Å². The van der Waals surface area contributed by atoms with Gasteiger partial charge in [-0.25, -0.2) is 0 Å². The number of nitrogens with zero attached hydrogens (tertiary/aromatic N) is 1. The summed E-state index contributed by atoms with van der Waals surface area (Å²) in [5.74, 6) is 1.05. The molecule has 0 heterocycles. The molecular formula is C15H21NOS. The van der Waals surface area contributed by atoms with E-state index in [2.05, 4.69) is 31.7 Å². The first-order valence-corrected chi connectivity index (χ1v) is 7.21. The number of rotatable bonds is 5. The van der Waals surface area contributed by atoms with Crippen LogP contribution in [0.15, 0.2) is 24.3 Å². The molecule has 1 aromatic rings. The second-order valence-electron chi connectivity index (χ2n) is 5.31. The van der Waals surface area contributed by atoms with Crippen molar-refractivity contribution >= 4 is 24.2 Å². The Morgan fingerprint density at radius 3 is 2.39 bits per heavy atom. The van der Waals surface area contributed by atoms with Crippen LogP contribution in [0.5, 0.6) is 0 Å². The van der Waals surface area contributed by atoms with E-state index in [1.807, 2.05) is 24.0 Å². The van der Waals surface area contributed by atoms with Crippen LogP contribution in [0.2, 0.25) is 0 Å². The summed E-state index contributed by atoms with van der Waals surface area (Å²) in [7, 11) is 0. The number of benzene rings is 1. The lowest BCUT2D eigenvalue weighted by molar-refractivity contribution is -0.119. The Morgan fingerprint density at radius 1 is 1.33 bits per heavy atom. The van der Waals surface area contributed by atoms with Gasteiger partial charge in [-0.15, -0.1) is 0 Å².